The number of para-hydroxylation sites is 1. The molecule has 4 aromatic rings. The molecule has 0 aliphatic carbocycles. The van der Waals surface area contributed by atoms with Gasteiger partial charge in [-0.2, -0.15) is 5.10 Å². The predicted molar refractivity (Wildman–Crippen MR) is 109 cm³/mol. The van der Waals surface area contributed by atoms with E-state index in [1.807, 2.05) is 30.3 Å². The monoisotopic (exact) mass is 401 g/mol. The molecular weight excluding hydrogens is 386 g/mol. The van der Waals surface area contributed by atoms with Crippen LogP contribution >= 0.6 is 0 Å². The first kappa shape index (κ1) is 17.7. The summed E-state index contributed by atoms with van der Waals surface area (Å²) < 4.78 is 13.2. The van der Waals surface area contributed by atoms with Crippen LogP contribution in [-0.2, 0) is 4.79 Å². The molecule has 0 spiro atoms. The van der Waals surface area contributed by atoms with Crippen molar-refractivity contribution in [1.29, 1.82) is 0 Å². The molecule has 1 amide bonds. The zero-order chi connectivity index (χ0) is 20.5. The van der Waals surface area contributed by atoms with Crippen LogP contribution in [0.3, 0.4) is 0 Å². The van der Waals surface area contributed by atoms with Crippen LogP contribution in [0.4, 0.5) is 0 Å². The van der Waals surface area contributed by atoms with Crippen molar-refractivity contribution in [3.8, 4) is 17.2 Å². The number of rotatable bonds is 4. The Morgan fingerprint density at radius 3 is 2.80 bits per heavy atom. The van der Waals surface area contributed by atoms with E-state index in [0.29, 0.717) is 22.5 Å². The van der Waals surface area contributed by atoms with Crippen molar-refractivity contribution in [3.63, 3.8) is 0 Å². The van der Waals surface area contributed by atoms with Gasteiger partial charge in [0.15, 0.2) is 17.1 Å². The summed E-state index contributed by atoms with van der Waals surface area (Å²) in [6.07, 6.45) is 5.63. The van der Waals surface area contributed by atoms with Crippen LogP contribution in [0.25, 0.3) is 22.8 Å². The number of aromatic nitrogens is 4. The summed E-state index contributed by atoms with van der Waals surface area (Å²) in [7, 11) is 0. The van der Waals surface area contributed by atoms with Gasteiger partial charge in [0.1, 0.15) is 11.7 Å². The third-order valence-electron chi connectivity index (χ3n) is 4.54. The van der Waals surface area contributed by atoms with Crippen LogP contribution in [-0.4, -0.2) is 32.1 Å². The fraction of sp³-hybridized carbons (Fsp3) is 0.0476. The number of ether oxygens (including phenoxy) is 2. The number of carbonyl (C=O) groups is 1. The second-order valence-electron chi connectivity index (χ2n) is 6.47. The Balaban J connectivity index is 1.37. The molecule has 0 atom stereocenters. The molecule has 0 radical (unpaired) electrons. The van der Waals surface area contributed by atoms with Gasteiger partial charge < -0.3 is 9.47 Å². The Kier molecular flexibility index (Phi) is 4.25. The lowest BCUT2D eigenvalue weighted by molar-refractivity contribution is -0.112. The van der Waals surface area contributed by atoms with Crippen LogP contribution in [0.5, 0.6) is 11.5 Å². The highest BCUT2D eigenvalue weighted by Crippen LogP contribution is 2.32. The predicted octanol–water partition coefficient (Wildman–Crippen LogP) is 2.09. The first-order valence-electron chi connectivity index (χ1n) is 9.08. The van der Waals surface area contributed by atoms with Crippen molar-refractivity contribution in [3.05, 3.63) is 83.0 Å². The second-order valence-corrected chi connectivity index (χ2v) is 6.47. The van der Waals surface area contributed by atoms with Gasteiger partial charge in [0.2, 0.25) is 6.79 Å². The molecular formula is C21H15N5O4. The van der Waals surface area contributed by atoms with Crippen molar-refractivity contribution in [2.24, 2.45) is 0 Å². The molecule has 0 saturated heterocycles. The van der Waals surface area contributed by atoms with Gasteiger partial charge in [0.05, 0.1) is 11.9 Å². The number of hydrogen-bond donors (Lipinski definition) is 1. The van der Waals surface area contributed by atoms with Gasteiger partial charge >= 0.3 is 0 Å². The number of nitrogens with zero attached hydrogens (tertiary/aromatic N) is 4. The molecule has 0 saturated carbocycles. The average Bonchev–Trinajstić information content (AvgIpc) is 3.42. The molecule has 9 nitrogen and oxygen atoms in total. The molecule has 148 valence electrons. The number of nitrogens with one attached hydrogen (secondary N) is 1. The molecule has 2 aromatic carbocycles. The summed E-state index contributed by atoms with van der Waals surface area (Å²) in [4.78, 5) is 29.3. The third kappa shape index (κ3) is 3.18. The maximum Gasteiger partial charge on any atom is 0.283 e. The minimum Gasteiger partial charge on any atom is -0.454 e. The first-order valence-corrected chi connectivity index (χ1v) is 9.08. The van der Waals surface area contributed by atoms with E-state index in [1.165, 1.54) is 18.6 Å². The standard InChI is InChI=1S/C21H15N5O4/c27-19(9-7-14-6-8-17-18(10-14)30-13-29-17)24-25-12-22-20-16(21(25)28)11-23-26(20)15-4-2-1-3-5-15/h1-12H,13H2,(H,24,27)/b9-7+. The summed E-state index contributed by atoms with van der Waals surface area (Å²) >= 11 is 0. The quantitative estimate of drug-likeness (QED) is 0.526. The van der Waals surface area contributed by atoms with Crippen LogP contribution < -0.4 is 20.5 Å². The number of fused-ring (bicyclic) bond motifs is 2. The molecule has 1 N–H and O–H groups in total. The van der Waals surface area contributed by atoms with Crippen LogP contribution in [0.15, 0.2) is 71.9 Å². The van der Waals surface area contributed by atoms with Crippen molar-refractivity contribution >= 4 is 23.0 Å². The summed E-state index contributed by atoms with van der Waals surface area (Å²) in [5, 5.41) is 4.54. The van der Waals surface area contributed by atoms with Gasteiger partial charge in [0.25, 0.3) is 11.5 Å². The number of amides is 1. The highest BCUT2D eigenvalue weighted by molar-refractivity contribution is 5.97. The van der Waals surface area contributed by atoms with Crippen molar-refractivity contribution in [1.82, 2.24) is 19.4 Å². The van der Waals surface area contributed by atoms with Gasteiger partial charge in [-0.05, 0) is 35.9 Å². The maximum absolute atomic E-state index is 12.7. The molecule has 0 unspecified atom stereocenters. The van der Waals surface area contributed by atoms with Gasteiger partial charge in [-0.15, -0.1) is 0 Å². The molecule has 2 aromatic heterocycles. The highest BCUT2D eigenvalue weighted by Gasteiger charge is 2.13. The summed E-state index contributed by atoms with van der Waals surface area (Å²) in [5.74, 6) is 0.809. The van der Waals surface area contributed by atoms with Gasteiger partial charge in [-0.3, -0.25) is 15.0 Å². The van der Waals surface area contributed by atoms with E-state index in [0.717, 1.165) is 15.9 Å². The third-order valence-corrected chi connectivity index (χ3v) is 4.54. The summed E-state index contributed by atoms with van der Waals surface area (Å²) in [6, 6.07) is 14.7. The lowest BCUT2D eigenvalue weighted by Crippen LogP contribution is -2.32. The van der Waals surface area contributed by atoms with E-state index in [9.17, 15) is 9.59 Å². The highest BCUT2D eigenvalue weighted by atomic mass is 16.7. The molecule has 9 heteroatoms. The molecule has 5 rings (SSSR count). The van der Waals surface area contributed by atoms with Crippen molar-refractivity contribution in [2.75, 3.05) is 12.2 Å². The van der Waals surface area contributed by atoms with Crippen molar-refractivity contribution in [2.45, 2.75) is 0 Å². The minimum absolute atomic E-state index is 0.183. The fourth-order valence-electron chi connectivity index (χ4n) is 3.09. The van der Waals surface area contributed by atoms with Gasteiger partial charge in [-0.1, -0.05) is 24.3 Å². The Hall–Kier alpha value is -4.40. The van der Waals surface area contributed by atoms with Crippen LogP contribution in [0.2, 0.25) is 0 Å². The Morgan fingerprint density at radius 2 is 1.93 bits per heavy atom. The van der Waals surface area contributed by atoms with E-state index in [-0.39, 0.29) is 6.79 Å². The van der Waals surface area contributed by atoms with E-state index >= 15 is 0 Å². The minimum atomic E-state index is -0.480. The van der Waals surface area contributed by atoms with Gasteiger partial charge in [0, 0.05) is 6.08 Å². The number of carbonyl (C=O) groups excluding carboxylic acids is 1. The topological polar surface area (TPSA) is 100 Å². The molecule has 1 aliphatic rings. The van der Waals surface area contributed by atoms with E-state index in [2.05, 4.69) is 15.5 Å². The summed E-state index contributed by atoms with van der Waals surface area (Å²) in [6.45, 7) is 0.183. The fourth-order valence-corrected chi connectivity index (χ4v) is 3.09. The summed E-state index contributed by atoms with van der Waals surface area (Å²) in [5.41, 5.74) is 4.03. The smallest absolute Gasteiger partial charge is 0.283 e. The molecule has 1 aliphatic heterocycles. The lowest BCUT2D eigenvalue weighted by atomic mass is 10.2. The Labute approximate surface area is 169 Å². The largest absolute Gasteiger partial charge is 0.454 e. The SMILES string of the molecule is O=C(/C=C/c1ccc2c(c1)OCO2)Nn1cnc2c(cnn2-c2ccccc2)c1=O. The zero-order valence-electron chi connectivity index (χ0n) is 15.6. The van der Waals surface area contributed by atoms with Crippen molar-refractivity contribution < 1.29 is 14.3 Å². The lowest BCUT2D eigenvalue weighted by Gasteiger charge is -2.06. The number of benzene rings is 2. The first-order chi connectivity index (χ1) is 14.7. The molecule has 30 heavy (non-hydrogen) atoms. The van der Waals surface area contributed by atoms with Crippen LogP contribution in [0, 0.1) is 0 Å². The van der Waals surface area contributed by atoms with E-state index in [4.69, 9.17) is 9.47 Å². The Morgan fingerprint density at radius 1 is 1.10 bits per heavy atom. The average molecular weight is 401 g/mol. The normalized spacial score (nSPS) is 12.5. The van der Waals surface area contributed by atoms with E-state index in [1.54, 1.807) is 29.0 Å². The van der Waals surface area contributed by atoms with E-state index < -0.39 is 11.5 Å². The second kappa shape index (κ2) is 7.21. The molecule has 0 bridgehead atoms. The molecule has 0 fully saturated rings. The molecule has 3 heterocycles. The van der Waals surface area contributed by atoms with Gasteiger partial charge in [-0.25, -0.2) is 14.3 Å². The zero-order valence-corrected chi connectivity index (χ0v) is 15.6. The number of hydrogen-bond acceptors (Lipinski definition) is 6. The van der Waals surface area contributed by atoms with Crippen LogP contribution in [0.1, 0.15) is 5.56 Å². The maximum atomic E-state index is 12.7. The Bertz CT molecular complexity index is 1340.